The molecule has 1 unspecified atom stereocenters. The number of fused-ring (bicyclic) bond motifs is 1. The molecule has 2 aromatic heterocycles. The summed E-state index contributed by atoms with van der Waals surface area (Å²) in [7, 11) is 3.18. The summed E-state index contributed by atoms with van der Waals surface area (Å²) in [6.45, 7) is 3.96. The molecule has 2 aliphatic rings. The van der Waals surface area contributed by atoms with Crippen LogP contribution in [0.5, 0.6) is 11.5 Å². The molecule has 2 saturated heterocycles. The van der Waals surface area contributed by atoms with Gasteiger partial charge in [0, 0.05) is 36.8 Å². The van der Waals surface area contributed by atoms with E-state index in [0.717, 1.165) is 29.7 Å². The van der Waals surface area contributed by atoms with Gasteiger partial charge in [0.2, 0.25) is 12.3 Å². The maximum Gasteiger partial charge on any atom is 0.228 e. The lowest BCUT2D eigenvalue weighted by molar-refractivity contribution is -0.146. The molecule has 4 heterocycles. The number of hydrogen-bond acceptors (Lipinski definition) is 7. The second-order valence-corrected chi connectivity index (χ2v) is 9.83. The topological polar surface area (TPSA) is 91.6 Å². The molecule has 5 rings (SSSR count). The van der Waals surface area contributed by atoms with E-state index >= 15 is 0 Å². The summed E-state index contributed by atoms with van der Waals surface area (Å²) in [5, 5.41) is 19.4. The summed E-state index contributed by atoms with van der Waals surface area (Å²) >= 11 is 0. The molecular weight excluding hydrogens is 458 g/mol. The molecule has 3 aromatic rings. The van der Waals surface area contributed by atoms with Gasteiger partial charge in [-0.2, -0.15) is 5.10 Å². The Balaban J connectivity index is 1.38. The van der Waals surface area contributed by atoms with Gasteiger partial charge in [-0.25, -0.2) is 4.52 Å². The van der Waals surface area contributed by atoms with Gasteiger partial charge in [0.15, 0.2) is 0 Å². The normalized spacial score (nSPS) is 22.8. The predicted molar refractivity (Wildman–Crippen MR) is 137 cm³/mol. The molecule has 2 N–H and O–H groups in total. The molecule has 1 amide bonds. The first-order chi connectivity index (χ1) is 17.5. The van der Waals surface area contributed by atoms with E-state index in [0.29, 0.717) is 36.4 Å². The van der Waals surface area contributed by atoms with Crippen LogP contribution in [-0.2, 0) is 17.8 Å². The zero-order valence-corrected chi connectivity index (χ0v) is 21.2. The number of nitrogens with zero attached hydrogens (tertiary/aromatic N) is 4. The Morgan fingerprint density at radius 3 is 2.83 bits per heavy atom. The number of aromatic nitrogens is 2. The first kappa shape index (κ1) is 24.4. The molecule has 0 saturated carbocycles. The second-order valence-electron chi connectivity index (χ2n) is 9.83. The average molecular weight is 494 g/mol. The van der Waals surface area contributed by atoms with Gasteiger partial charge >= 0.3 is 0 Å². The van der Waals surface area contributed by atoms with Crippen molar-refractivity contribution in [3.8, 4) is 11.5 Å². The molecular formula is C27H35N5O4. The lowest BCUT2D eigenvalue weighted by Gasteiger charge is -2.41. The number of pyridine rings is 1. The Morgan fingerprint density at radius 1 is 1.19 bits per heavy atom. The van der Waals surface area contributed by atoms with Crippen molar-refractivity contribution in [1.29, 1.82) is 0 Å². The van der Waals surface area contributed by atoms with Gasteiger partial charge in [-0.15, -0.1) is 0 Å². The molecule has 1 aromatic carbocycles. The molecule has 192 valence electrons. The number of aliphatic hydroxyl groups excluding tert-OH is 1. The van der Waals surface area contributed by atoms with Crippen LogP contribution < -0.4 is 19.7 Å². The van der Waals surface area contributed by atoms with Crippen LogP contribution in [-0.4, -0.2) is 65.2 Å². The molecule has 0 radical (unpaired) electrons. The Morgan fingerprint density at radius 2 is 2.06 bits per heavy atom. The number of amides is 1. The Bertz CT molecular complexity index is 1230. The monoisotopic (exact) mass is 493 g/mol. The lowest BCUT2D eigenvalue weighted by atomic mass is 9.88. The molecule has 0 aliphatic carbocycles. The fourth-order valence-corrected chi connectivity index (χ4v) is 5.47. The number of rotatable bonds is 7. The van der Waals surface area contributed by atoms with Gasteiger partial charge in [0.1, 0.15) is 11.5 Å². The molecule has 9 heteroatoms. The van der Waals surface area contributed by atoms with Gasteiger partial charge < -0.3 is 24.8 Å². The van der Waals surface area contributed by atoms with Crippen LogP contribution in [0.4, 0.5) is 5.69 Å². The van der Waals surface area contributed by atoms with E-state index in [1.54, 1.807) is 26.5 Å². The van der Waals surface area contributed by atoms with Crippen molar-refractivity contribution < 1.29 is 19.4 Å². The van der Waals surface area contributed by atoms with E-state index < -0.39 is 6.35 Å². The minimum absolute atomic E-state index is 0.103. The van der Waals surface area contributed by atoms with Crippen LogP contribution in [0.25, 0.3) is 5.52 Å². The number of carbonyl (C=O) groups is 1. The number of aliphatic hydroxyl groups is 1. The summed E-state index contributed by atoms with van der Waals surface area (Å²) < 4.78 is 12.6. The van der Waals surface area contributed by atoms with E-state index in [9.17, 15) is 9.90 Å². The third kappa shape index (κ3) is 4.85. The van der Waals surface area contributed by atoms with Crippen molar-refractivity contribution in [1.82, 2.24) is 19.8 Å². The number of carbonyl (C=O) groups excluding carboxylic acids is 1. The number of hydrogen-bond donors (Lipinski definition) is 2. The zero-order chi connectivity index (χ0) is 25.2. The SMILES string of the molecule is COc1ccc(CN2C(=O)CCN(c3cnn4ccc(C[C@@H]5CCN[C@@H](C)C5)cc34)C2O)c(OC)c1. The molecule has 0 spiro atoms. The fraction of sp³-hybridized carbons (Fsp3) is 0.481. The van der Waals surface area contributed by atoms with Crippen molar-refractivity contribution in [2.75, 3.05) is 32.2 Å². The van der Waals surface area contributed by atoms with Crippen LogP contribution in [0, 0.1) is 5.92 Å². The quantitative estimate of drug-likeness (QED) is 0.523. The first-order valence-electron chi connectivity index (χ1n) is 12.6. The first-order valence-corrected chi connectivity index (χ1v) is 12.6. The van der Waals surface area contributed by atoms with Crippen LogP contribution in [0.1, 0.15) is 37.3 Å². The number of benzene rings is 1. The third-order valence-corrected chi connectivity index (χ3v) is 7.41. The van der Waals surface area contributed by atoms with Crippen LogP contribution in [0.2, 0.25) is 0 Å². The standard InChI is InChI=1S/C27H35N5O4/c1-18-12-19(6-9-28-18)13-20-7-11-32-23(14-20)24(16-29-32)30-10-8-26(33)31(27(30)34)17-21-4-5-22(35-2)15-25(21)36-3/h4-5,7,11,14-16,18-19,27-28,34H,6,8-10,12-13,17H2,1-3H3/t18-,19+,27?/m0/s1. The van der Waals surface area contributed by atoms with Gasteiger partial charge in [0.25, 0.3) is 0 Å². The number of ether oxygens (including phenoxy) is 2. The summed E-state index contributed by atoms with van der Waals surface area (Å²) in [5.74, 6) is 1.83. The molecule has 0 bridgehead atoms. The van der Waals surface area contributed by atoms with Crippen LogP contribution in [0.3, 0.4) is 0 Å². The number of methoxy groups -OCH3 is 2. The highest BCUT2D eigenvalue weighted by atomic mass is 16.5. The molecule has 2 aliphatic heterocycles. The van der Waals surface area contributed by atoms with E-state index in [1.807, 2.05) is 27.7 Å². The largest absolute Gasteiger partial charge is 0.497 e. The summed E-state index contributed by atoms with van der Waals surface area (Å²) in [5.41, 5.74) is 3.82. The molecule has 2 fully saturated rings. The van der Waals surface area contributed by atoms with Gasteiger partial charge in [-0.1, -0.05) is 0 Å². The van der Waals surface area contributed by atoms with E-state index in [4.69, 9.17) is 9.47 Å². The minimum atomic E-state index is -1.11. The van der Waals surface area contributed by atoms with Crippen molar-refractivity contribution in [2.45, 2.75) is 51.5 Å². The van der Waals surface area contributed by atoms with Crippen molar-refractivity contribution in [2.24, 2.45) is 5.92 Å². The van der Waals surface area contributed by atoms with Crippen molar-refractivity contribution in [3.05, 3.63) is 53.9 Å². The smallest absolute Gasteiger partial charge is 0.228 e. The average Bonchev–Trinajstić information content (AvgIpc) is 3.29. The highest BCUT2D eigenvalue weighted by Gasteiger charge is 2.34. The van der Waals surface area contributed by atoms with Gasteiger partial charge in [0.05, 0.1) is 38.2 Å². The second kappa shape index (κ2) is 10.4. The van der Waals surface area contributed by atoms with Crippen LogP contribution >= 0.6 is 0 Å². The van der Waals surface area contributed by atoms with E-state index in [-0.39, 0.29) is 12.5 Å². The van der Waals surface area contributed by atoms with Gasteiger partial charge in [-0.05, 0) is 68.5 Å². The number of nitrogens with one attached hydrogen (secondary N) is 1. The Labute approximate surface area is 211 Å². The maximum absolute atomic E-state index is 12.9. The highest BCUT2D eigenvalue weighted by molar-refractivity contribution is 5.81. The molecule has 36 heavy (non-hydrogen) atoms. The zero-order valence-electron chi connectivity index (χ0n) is 21.2. The summed E-state index contributed by atoms with van der Waals surface area (Å²) in [4.78, 5) is 16.2. The number of piperidine rings is 1. The Kier molecular flexibility index (Phi) is 7.02. The van der Waals surface area contributed by atoms with E-state index in [1.165, 1.54) is 23.3 Å². The van der Waals surface area contributed by atoms with Gasteiger partial charge in [-0.3, -0.25) is 9.69 Å². The lowest BCUT2D eigenvalue weighted by Crippen LogP contribution is -2.56. The Hall–Kier alpha value is -3.30. The predicted octanol–water partition coefficient (Wildman–Crippen LogP) is 2.80. The van der Waals surface area contributed by atoms with E-state index in [2.05, 4.69) is 29.5 Å². The number of anilines is 1. The summed E-state index contributed by atoms with van der Waals surface area (Å²) in [6.07, 6.45) is 6.33. The minimum Gasteiger partial charge on any atom is -0.497 e. The summed E-state index contributed by atoms with van der Waals surface area (Å²) in [6, 6.07) is 10.3. The molecule has 3 atom stereocenters. The highest BCUT2D eigenvalue weighted by Crippen LogP contribution is 2.32. The fourth-order valence-electron chi connectivity index (χ4n) is 5.47. The van der Waals surface area contributed by atoms with Crippen molar-refractivity contribution >= 4 is 17.1 Å². The third-order valence-electron chi connectivity index (χ3n) is 7.41. The van der Waals surface area contributed by atoms with Crippen molar-refractivity contribution in [3.63, 3.8) is 0 Å². The van der Waals surface area contributed by atoms with Crippen LogP contribution in [0.15, 0.2) is 42.7 Å². The maximum atomic E-state index is 12.9. The molecule has 9 nitrogen and oxygen atoms in total.